The zero-order valence-corrected chi connectivity index (χ0v) is 18.4. The second kappa shape index (κ2) is 10.1. The highest BCUT2D eigenvalue weighted by Crippen LogP contribution is 2.31. The Kier molecular flexibility index (Phi) is 6.80. The molecule has 3 aromatic carbocycles. The molecule has 6 nitrogen and oxygen atoms in total. The van der Waals surface area contributed by atoms with Crippen molar-refractivity contribution in [2.75, 3.05) is 13.1 Å². The summed E-state index contributed by atoms with van der Waals surface area (Å²) in [5.74, 6) is -0.835. The van der Waals surface area contributed by atoms with Crippen LogP contribution in [0.2, 0.25) is 0 Å². The number of nitrogens with one attached hydrogen (secondary N) is 1. The van der Waals surface area contributed by atoms with Gasteiger partial charge in [0.15, 0.2) is 5.78 Å². The van der Waals surface area contributed by atoms with Gasteiger partial charge in [0.05, 0.1) is 4.91 Å². The summed E-state index contributed by atoms with van der Waals surface area (Å²) < 4.78 is 0. The number of thioether (sulfide) groups is 1. The first-order chi connectivity index (χ1) is 16.0. The molecule has 0 unspecified atom stereocenters. The highest BCUT2D eigenvalue weighted by atomic mass is 32.2. The van der Waals surface area contributed by atoms with E-state index in [-0.39, 0.29) is 35.9 Å². The Labute approximate surface area is 195 Å². The highest BCUT2D eigenvalue weighted by Gasteiger charge is 2.34. The fourth-order valence-corrected chi connectivity index (χ4v) is 4.17. The van der Waals surface area contributed by atoms with Crippen LogP contribution in [0.25, 0.3) is 6.08 Å². The smallest absolute Gasteiger partial charge is 0.293 e. The minimum atomic E-state index is -0.369. The molecule has 33 heavy (non-hydrogen) atoms. The number of ketones is 1. The van der Waals surface area contributed by atoms with Gasteiger partial charge in [-0.2, -0.15) is 0 Å². The van der Waals surface area contributed by atoms with Crippen molar-refractivity contribution >= 4 is 40.7 Å². The van der Waals surface area contributed by atoms with Gasteiger partial charge in [-0.15, -0.1) is 0 Å². The Morgan fingerprint density at radius 2 is 1.36 bits per heavy atom. The number of amides is 3. The van der Waals surface area contributed by atoms with Gasteiger partial charge in [-0.05, 0) is 35.5 Å². The first kappa shape index (κ1) is 22.2. The van der Waals surface area contributed by atoms with Gasteiger partial charge in [-0.1, -0.05) is 72.8 Å². The van der Waals surface area contributed by atoms with Crippen molar-refractivity contribution in [3.8, 4) is 0 Å². The summed E-state index contributed by atoms with van der Waals surface area (Å²) in [5.41, 5.74) is 2.29. The molecule has 1 aliphatic heterocycles. The van der Waals surface area contributed by atoms with Crippen molar-refractivity contribution in [2.24, 2.45) is 0 Å². The number of carbonyl (C=O) groups is 4. The van der Waals surface area contributed by atoms with Gasteiger partial charge in [-0.25, -0.2) is 0 Å². The number of hydrogen-bond donors (Lipinski definition) is 1. The van der Waals surface area contributed by atoms with Gasteiger partial charge >= 0.3 is 0 Å². The van der Waals surface area contributed by atoms with E-state index in [4.69, 9.17) is 0 Å². The van der Waals surface area contributed by atoms with Crippen molar-refractivity contribution in [1.29, 1.82) is 0 Å². The zero-order valence-electron chi connectivity index (χ0n) is 17.6. The number of rotatable bonds is 7. The van der Waals surface area contributed by atoms with Crippen LogP contribution in [0.1, 0.15) is 31.8 Å². The molecule has 1 saturated heterocycles. The van der Waals surface area contributed by atoms with Crippen LogP contribution in [-0.2, 0) is 4.79 Å². The summed E-state index contributed by atoms with van der Waals surface area (Å²) in [4.78, 5) is 51.2. The Morgan fingerprint density at radius 1 is 0.788 bits per heavy atom. The largest absolute Gasteiger partial charge is 0.350 e. The first-order valence-corrected chi connectivity index (χ1v) is 11.1. The van der Waals surface area contributed by atoms with E-state index in [1.54, 1.807) is 54.6 Å². The van der Waals surface area contributed by atoms with Crippen LogP contribution in [0, 0.1) is 0 Å². The SMILES string of the molecule is O=C(NCCN1C(=O)S/C(=C/c2ccccc2)C1=O)c1ccc(C(=O)c2ccccc2)cc1. The second-order valence-electron chi connectivity index (χ2n) is 7.27. The summed E-state index contributed by atoms with van der Waals surface area (Å²) in [6.07, 6.45) is 1.68. The number of carbonyl (C=O) groups excluding carboxylic acids is 4. The quantitative estimate of drug-likeness (QED) is 0.421. The predicted molar refractivity (Wildman–Crippen MR) is 128 cm³/mol. The van der Waals surface area contributed by atoms with Crippen LogP contribution >= 0.6 is 11.8 Å². The average molecular weight is 457 g/mol. The van der Waals surface area contributed by atoms with Crippen LogP contribution in [-0.4, -0.2) is 40.8 Å². The summed E-state index contributed by atoms with van der Waals surface area (Å²) in [6, 6.07) is 24.6. The van der Waals surface area contributed by atoms with Gasteiger partial charge in [-0.3, -0.25) is 24.1 Å². The van der Waals surface area contributed by atoms with Crippen LogP contribution < -0.4 is 5.32 Å². The predicted octanol–water partition coefficient (Wildman–Crippen LogP) is 4.38. The molecule has 4 rings (SSSR count). The summed E-state index contributed by atoms with van der Waals surface area (Å²) in [6.45, 7) is 0.202. The zero-order chi connectivity index (χ0) is 23.2. The average Bonchev–Trinajstić information content (AvgIpc) is 3.12. The lowest BCUT2D eigenvalue weighted by Crippen LogP contribution is -2.37. The first-order valence-electron chi connectivity index (χ1n) is 10.3. The van der Waals surface area contributed by atoms with Gasteiger partial charge in [0.1, 0.15) is 0 Å². The van der Waals surface area contributed by atoms with Crippen molar-refractivity contribution < 1.29 is 19.2 Å². The van der Waals surface area contributed by atoms with E-state index in [9.17, 15) is 19.2 Å². The Bertz CT molecular complexity index is 1220. The molecule has 0 spiro atoms. The molecule has 164 valence electrons. The summed E-state index contributed by atoms with van der Waals surface area (Å²) in [5, 5.41) is 2.35. The second-order valence-corrected chi connectivity index (χ2v) is 8.27. The lowest BCUT2D eigenvalue weighted by molar-refractivity contribution is -0.122. The molecule has 0 radical (unpaired) electrons. The molecular formula is C26H20N2O4S. The third-order valence-corrected chi connectivity index (χ3v) is 5.94. The maximum Gasteiger partial charge on any atom is 0.293 e. The number of nitrogens with zero attached hydrogens (tertiary/aromatic N) is 1. The minimum absolute atomic E-state index is 0.0765. The summed E-state index contributed by atoms with van der Waals surface area (Å²) >= 11 is 0.888. The lowest BCUT2D eigenvalue weighted by atomic mass is 10.0. The van der Waals surface area contributed by atoms with E-state index in [1.165, 1.54) is 0 Å². The molecule has 0 atom stereocenters. The number of hydrogen-bond acceptors (Lipinski definition) is 5. The van der Waals surface area contributed by atoms with Gasteiger partial charge < -0.3 is 5.32 Å². The van der Waals surface area contributed by atoms with Crippen molar-refractivity contribution in [1.82, 2.24) is 10.2 Å². The van der Waals surface area contributed by atoms with Gasteiger partial charge in [0.25, 0.3) is 17.1 Å². The Morgan fingerprint density at radius 3 is 2.03 bits per heavy atom. The van der Waals surface area contributed by atoms with E-state index in [0.29, 0.717) is 21.6 Å². The standard InChI is InChI=1S/C26H20N2O4S/c29-23(19-9-5-2-6-10-19)20-11-13-21(14-12-20)24(30)27-15-16-28-25(31)22(33-26(28)32)17-18-7-3-1-4-8-18/h1-14,17H,15-16H2,(H,27,30)/b22-17+. The normalized spacial score (nSPS) is 14.5. The van der Waals surface area contributed by atoms with E-state index >= 15 is 0 Å². The highest BCUT2D eigenvalue weighted by molar-refractivity contribution is 8.18. The van der Waals surface area contributed by atoms with Crippen molar-refractivity contribution in [3.05, 3.63) is 112 Å². The van der Waals surface area contributed by atoms with Gasteiger partial charge in [0, 0.05) is 29.8 Å². The van der Waals surface area contributed by atoms with Crippen LogP contribution in [0.15, 0.2) is 89.8 Å². The summed E-state index contributed by atoms with van der Waals surface area (Å²) in [7, 11) is 0. The molecule has 1 fully saturated rings. The Balaban J connectivity index is 1.32. The molecule has 1 heterocycles. The molecule has 0 saturated carbocycles. The van der Waals surface area contributed by atoms with Crippen molar-refractivity contribution in [3.63, 3.8) is 0 Å². The number of benzene rings is 3. The molecule has 3 aromatic rings. The van der Waals surface area contributed by atoms with Crippen LogP contribution in [0.5, 0.6) is 0 Å². The third kappa shape index (κ3) is 5.27. The number of imide groups is 1. The fraction of sp³-hybridized carbons (Fsp3) is 0.0769. The van der Waals surface area contributed by atoms with Crippen LogP contribution in [0.4, 0.5) is 4.79 Å². The third-order valence-electron chi connectivity index (χ3n) is 5.04. The van der Waals surface area contributed by atoms with Crippen LogP contribution in [0.3, 0.4) is 0 Å². The monoisotopic (exact) mass is 456 g/mol. The molecule has 1 aliphatic rings. The lowest BCUT2D eigenvalue weighted by Gasteiger charge is -2.13. The van der Waals surface area contributed by atoms with E-state index < -0.39 is 0 Å². The van der Waals surface area contributed by atoms with E-state index in [2.05, 4.69) is 5.32 Å². The molecule has 3 amide bonds. The van der Waals surface area contributed by atoms with E-state index in [0.717, 1.165) is 22.2 Å². The topological polar surface area (TPSA) is 83.6 Å². The minimum Gasteiger partial charge on any atom is -0.350 e. The van der Waals surface area contributed by atoms with E-state index in [1.807, 2.05) is 36.4 Å². The molecular weight excluding hydrogens is 436 g/mol. The maximum absolute atomic E-state index is 12.6. The molecule has 0 aromatic heterocycles. The molecule has 7 heteroatoms. The molecule has 0 bridgehead atoms. The molecule has 1 N–H and O–H groups in total. The molecule has 0 aliphatic carbocycles. The van der Waals surface area contributed by atoms with Gasteiger partial charge in [0.2, 0.25) is 0 Å². The fourth-order valence-electron chi connectivity index (χ4n) is 3.31. The van der Waals surface area contributed by atoms with Crippen molar-refractivity contribution in [2.45, 2.75) is 0 Å². The maximum atomic E-state index is 12.6. The Hall–Kier alpha value is -3.97.